The summed E-state index contributed by atoms with van der Waals surface area (Å²) in [7, 11) is 0. The first kappa shape index (κ1) is 13.7. The van der Waals surface area contributed by atoms with E-state index in [9.17, 15) is 9.59 Å². The molecule has 1 rings (SSSR count). The lowest BCUT2D eigenvalue weighted by Crippen LogP contribution is -2.18. The van der Waals surface area contributed by atoms with Gasteiger partial charge in [0.05, 0.1) is 0 Å². The van der Waals surface area contributed by atoms with Crippen molar-refractivity contribution >= 4 is 47.2 Å². The lowest BCUT2D eigenvalue weighted by Gasteiger charge is -2.08. The van der Waals surface area contributed by atoms with Crippen LogP contribution < -0.4 is 0 Å². The standard InChI is InChI=1S/C8Cl2N2O2.ClH/c9-5-6(10)8(14)4(2-12)3(1-11)7(5)13;/h;1H. The van der Waals surface area contributed by atoms with Gasteiger partial charge >= 0.3 is 0 Å². The minimum Gasteiger partial charge on any atom is -0.287 e. The maximum absolute atomic E-state index is 11.2. The fourth-order valence-corrected chi connectivity index (χ4v) is 1.22. The first-order valence-corrected chi connectivity index (χ1v) is 3.99. The molecule has 0 radical (unpaired) electrons. The predicted octanol–water partition coefficient (Wildman–Crippen LogP) is 1.59. The fourth-order valence-electron chi connectivity index (χ4n) is 0.859. The zero-order valence-electron chi connectivity index (χ0n) is 6.88. The molecule has 0 aliphatic heterocycles. The molecule has 0 saturated heterocycles. The van der Waals surface area contributed by atoms with Gasteiger partial charge in [0.25, 0.3) is 0 Å². The van der Waals surface area contributed by atoms with Crippen LogP contribution in [-0.4, -0.2) is 11.6 Å². The normalized spacial score (nSPS) is 15.7. The molecule has 76 valence electrons. The molecule has 7 heteroatoms. The van der Waals surface area contributed by atoms with Crippen LogP contribution in [0.5, 0.6) is 0 Å². The van der Waals surface area contributed by atoms with Crippen molar-refractivity contribution in [1.82, 2.24) is 0 Å². The Hall–Kier alpha value is -1.33. The van der Waals surface area contributed by atoms with Gasteiger partial charge in [-0.2, -0.15) is 10.5 Å². The summed E-state index contributed by atoms with van der Waals surface area (Å²) in [5, 5.41) is 16.0. The Kier molecular flexibility index (Phi) is 4.51. The number of carbonyl (C=O) groups is 2. The molecule has 0 atom stereocenters. The molecule has 1 aliphatic carbocycles. The van der Waals surface area contributed by atoms with Gasteiger partial charge in [-0.3, -0.25) is 9.59 Å². The maximum atomic E-state index is 11.2. The van der Waals surface area contributed by atoms with Crippen molar-refractivity contribution in [2.45, 2.75) is 0 Å². The largest absolute Gasteiger partial charge is 0.287 e. The van der Waals surface area contributed by atoms with E-state index in [1.54, 1.807) is 0 Å². The van der Waals surface area contributed by atoms with Crippen molar-refractivity contribution in [2.24, 2.45) is 0 Å². The number of Topliss-reactive ketones (excluding diaryl/α,β-unsaturated/α-hetero) is 2. The summed E-state index contributed by atoms with van der Waals surface area (Å²) in [6.45, 7) is 0. The maximum Gasteiger partial charge on any atom is 0.218 e. The second-order valence-electron chi connectivity index (χ2n) is 2.26. The van der Waals surface area contributed by atoms with E-state index in [4.69, 9.17) is 33.7 Å². The molecule has 0 aromatic heterocycles. The predicted molar refractivity (Wildman–Crippen MR) is 54.2 cm³/mol. The van der Waals surface area contributed by atoms with Crippen LogP contribution in [-0.2, 0) is 9.59 Å². The zero-order valence-corrected chi connectivity index (χ0v) is 9.20. The third kappa shape index (κ3) is 2.03. The Bertz CT molecular complexity index is 447. The van der Waals surface area contributed by atoms with Gasteiger partial charge in [-0.25, -0.2) is 0 Å². The van der Waals surface area contributed by atoms with E-state index in [-0.39, 0.29) is 12.4 Å². The average Bonchev–Trinajstić information content (AvgIpc) is 2.20. The van der Waals surface area contributed by atoms with Crippen LogP contribution in [0, 0.1) is 22.7 Å². The zero-order chi connectivity index (χ0) is 10.9. The molecule has 0 aromatic carbocycles. The van der Waals surface area contributed by atoms with Crippen molar-refractivity contribution in [1.29, 1.82) is 10.5 Å². The average molecular weight is 263 g/mol. The van der Waals surface area contributed by atoms with Crippen molar-refractivity contribution in [3.8, 4) is 12.1 Å². The highest BCUT2D eigenvalue weighted by atomic mass is 35.5. The number of hydrogen-bond acceptors (Lipinski definition) is 4. The summed E-state index contributed by atoms with van der Waals surface area (Å²) < 4.78 is 0. The number of ketones is 2. The van der Waals surface area contributed by atoms with Gasteiger partial charge in [0, 0.05) is 0 Å². The Labute approximate surface area is 101 Å². The summed E-state index contributed by atoms with van der Waals surface area (Å²) >= 11 is 10.8. The fraction of sp³-hybridized carbons (Fsp3) is 0. The van der Waals surface area contributed by atoms with Crippen LogP contribution in [0.4, 0.5) is 0 Å². The highest BCUT2D eigenvalue weighted by Crippen LogP contribution is 2.28. The molecule has 0 unspecified atom stereocenters. The SMILES string of the molecule is Cl.N#CC1=C(C#N)C(=O)C(Cl)=C(Cl)C1=O. The monoisotopic (exact) mass is 262 g/mol. The number of nitrogens with zero attached hydrogens (tertiary/aromatic N) is 2. The molecule has 0 saturated carbocycles. The topological polar surface area (TPSA) is 81.7 Å². The summed E-state index contributed by atoms with van der Waals surface area (Å²) in [6.07, 6.45) is 0. The van der Waals surface area contributed by atoms with Crippen LogP contribution in [0.25, 0.3) is 0 Å². The van der Waals surface area contributed by atoms with E-state index < -0.39 is 32.8 Å². The second-order valence-corrected chi connectivity index (χ2v) is 3.02. The van der Waals surface area contributed by atoms with E-state index in [0.717, 1.165) is 0 Å². The van der Waals surface area contributed by atoms with Crippen LogP contribution in [0.3, 0.4) is 0 Å². The molecular weight excluding hydrogens is 262 g/mol. The van der Waals surface area contributed by atoms with E-state index >= 15 is 0 Å². The molecule has 0 heterocycles. The number of carbonyl (C=O) groups excluding carboxylic acids is 2. The van der Waals surface area contributed by atoms with E-state index in [1.165, 1.54) is 12.1 Å². The highest BCUT2D eigenvalue weighted by Gasteiger charge is 2.33. The van der Waals surface area contributed by atoms with Gasteiger partial charge in [0.1, 0.15) is 33.3 Å². The van der Waals surface area contributed by atoms with Crippen molar-refractivity contribution in [3.05, 3.63) is 21.2 Å². The molecule has 0 spiro atoms. The summed E-state index contributed by atoms with van der Waals surface area (Å²) in [4.78, 5) is 22.4. The lowest BCUT2D eigenvalue weighted by molar-refractivity contribution is -0.115. The second kappa shape index (κ2) is 4.95. The van der Waals surface area contributed by atoms with Crippen LogP contribution in [0.15, 0.2) is 21.2 Å². The van der Waals surface area contributed by atoms with Gasteiger partial charge in [0.2, 0.25) is 11.6 Å². The van der Waals surface area contributed by atoms with Crippen LogP contribution >= 0.6 is 35.6 Å². The molecule has 0 bridgehead atoms. The van der Waals surface area contributed by atoms with Crippen LogP contribution in [0.1, 0.15) is 0 Å². The van der Waals surface area contributed by atoms with Crippen molar-refractivity contribution in [2.75, 3.05) is 0 Å². The number of rotatable bonds is 0. The Morgan fingerprint density at radius 1 is 0.867 bits per heavy atom. The number of nitriles is 2. The minimum absolute atomic E-state index is 0. The van der Waals surface area contributed by atoms with Crippen LogP contribution in [0.2, 0.25) is 0 Å². The number of hydrogen-bond donors (Lipinski definition) is 0. The van der Waals surface area contributed by atoms with Gasteiger partial charge in [-0.1, -0.05) is 23.2 Å². The smallest absolute Gasteiger partial charge is 0.218 e. The molecule has 4 nitrogen and oxygen atoms in total. The van der Waals surface area contributed by atoms with E-state index in [1.807, 2.05) is 0 Å². The minimum atomic E-state index is -0.893. The lowest BCUT2D eigenvalue weighted by atomic mass is 9.96. The third-order valence-corrected chi connectivity index (χ3v) is 2.34. The molecule has 15 heavy (non-hydrogen) atoms. The first-order valence-electron chi connectivity index (χ1n) is 3.23. The van der Waals surface area contributed by atoms with Gasteiger partial charge < -0.3 is 0 Å². The van der Waals surface area contributed by atoms with E-state index in [0.29, 0.717) is 0 Å². The van der Waals surface area contributed by atoms with E-state index in [2.05, 4.69) is 0 Å². The summed E-state index contributed by atoms with van der Waals surface area (Å²) in [6, 6.07) is 2.89. The molecule has 1 aliphatic rings. The number of halogens is 3. The summed E-state index contributed by atoms with van der Waals surface area (Å²) in [5.41, 5.74) is -1.13. The van der Waals surface area contributed by atoms with Crippen molar-refractivity contribution in [3.63, 3.8) is 0 Å². The molecule has 0 fully saturated rings. The molecule has 0 aromatic rings. The first-order chi connectivity index (χ1) is 6.54. The third-order valence-electron chi connectivity index (χ3n) is 1.52. The summed E-state index contributed by atoms with van der Waals surface area (Å²) in [5.74, 6) is -1.79. The highest BCUT2D eigenvalue weighted by molar-refractivity contribution is 6.59. The Morgan fingerprint density at radius 3 is 1.33 bits per heavy atom. The Morgan fingerprint density at radius 2 is 1.13 bits per heavy atom. The number of allylic oxidation sites excluding steroid dienone is 4. The molecular formula is C8HCl3N2O2. The Balaban J connectivity index is 0.00000196. The molecule has 0 N–H and O–H groups in total. The van der Waals surface area contributed by atoms with Gasteiger partial charge in [0.15, 0.2) is 0 Å². The van der Waals surface area contributed by atoms with Gasteiger partial charge in [-0.05, 0) is 0 Å². The van der Waals surface area contributed by atoms with Gasteiger partial charge in [-0.15, -0.1) is 12.4 Å². The quantitative estimate of drug-likeness (QED) is 0.621. The van der Waals surface area contributed by atoms with Crippen molar-refractivity contribution < 1.29 is 9.59 Å². The molecule has 0 amide bonds.